The Morgan fingerprint density at radius 2 is 1.64 bits per heavy atom. The van der Waals surface area contributed by atoms with Gasteiger partial charge < -0.3 is 40.6 Å². The highest BCUT2D eigenvalue weighted by atomic mass is 16.5. The topological polar surface area (TPSA) is 184 Å². The summed E-state index contributed by atoms with van der Waals surface area (Å²) >= 11 is 0. The first-order valence-electron chi connectivity index (χ1n) is 16.6. The van der Waals surface area contributed by atoms with Crippen molar-refractivity contribution in [2.45, 2.75) is 83.1 Å². The Morgan fingerprint density at radius 3 is 2.32 bits per heavy atom. The maximum absolute atomic E-state index is 13.7. The van der Waals surface area contributed by atoms with Gasteiger partial charge in [-0.15, -0.1) is 0 Å². The van der Waals surface area contributed by atoms with Crippen LogP contribution in [0.25, 0.3) is 0 Å². The fourth-order valence-corrected chi connectivity index (χ4v) is 6.08. The molecule has 2 aliphatic rings. The first-order chi connectivity index (χ1) is 23.8. The molecule has 14 heteroatoms. The lowest BCUT2D eigenvalue weighted by Gasteiger charge is -2.31. The molecular formula is C36H46N8O6. The van der Waals surface area contributed by atoms with Crippen LogP contribution in [-0.2, 0) is 19.1 Å². The highest BCUT2D eigenvalue weighted by Gasteiger charge is 2.38. The number of imidazole rings is 1. The third-order valence-corrected chi connectivity index (χ3v) is 8.58. The van der Waals surface area contributed by atoms with Crippen molar-refractivity contribution < 1.29 is 28.7 Å². The van der Waals surface area contributed by atoms with E-state index in [-0.39, 0.29) is 29.6 Å². The molecule has 50 heavy (non-hydrogen) atoms. The summed E-state index contributed by atoms with van der Waals surface area (Å²) in [5, 5.41) is 5.29. The van der Waals surface area contributed by atoms with Gasteiger partial charge in [-0.1, -0.05) is 50.1 Å². The van der Waals surface area contributed by atoms with E-state index in [2.05, 4.69) is 49.3 Å². The van der Waals surface area contributed by atoms with Crippen LogP contribution in [0.1, 0.15) is 82.5 Å². The quantitative estimate of drug-likeness (QED) is 0.176. The van der Waals surface area contributed by atoms with Gasteiger partial charge in [0.15, 0.2) is 0 Å². The van der Waals surface area contributed by atoms with Crippen molar-refractivity contribution in [1.82, 2.24) is 30.4 Å². The Kier molecular flexibility index (Phi) is 12.5. The van der Waals surface area contributed by atoms with E-state index >= 15 is 0 Å². The lowest BCUT2D eigenvalue weighted by Crippen LogP contribution is -2.54. The molecule has 0 radical (unpaired) electrons. The Labute approximate surface area is 292 Å². The Morgan fingerprint density at radius 1 is 0.980 bits per heavy atom. The molecule has 0 aliphatic carbocycles. The number of nitrogens with one attached hydrogen (secondary N) is 3. The second kappa shape index (κ2) is 16.7. The van der Waals surface area contributed by atoms with Gasteiger partial charge in [0.05, 0.1) is 32.5 Å². The van der Waals surface area contributed by atoms with E-state index in [1.165, 1.54) is 14.2 Å². The molecule has 4 atom stereocenters. The van der Waals surface area contributed by atoms with E-state index in [9.17, 15) is 19.2 Å². The second-order valence-electron chi connectivity index (χ2n) is 13.0. The van der Waals surface area contributed by atoms with Crippen LogP contribution in [0.4, 0.5) is 9.59 Å². The van der Waals surface area contributed by atoms with E-state index in [0.717, 1.165) is 12.8 Å². The van der Waals surface area contributed by atoms with Gasteiger partial charge >= 0.3 is 12.2 Å². The average molecular weight is 687 g/mol. The van der Waals surface area contributed by atoms with E-state index in [4.69, 9.17) is 15.2 Å². The van der Waals surface area contributed by atoms with E-state index in [1.54, 1.807) is 28.1 Å². The van der Waals surface area contributed by atoms with Crippen molar-refractivity contribution in [3.05, 3.63) is 53.6 Å². The summed E-state index contributed by atoms with van der Waals surface area (Å²) < 4.78 is 9.47. The van der Waals surface area contributed by atoms with Crippen molar-refractivity contribution in [3.8, 4) is 23.7 Å². The minimum absolute atomic E-state index is 0.158. The Hall–Kier alpha value is -5.50. The monoisotopic (exact) mass is 686 g/mol. The summed E-state index contributed by atoms with van der Waals surface area (Å²) in [4.78, 5) is 66.8. The number of nitrogens with zero attached hydrogens (tertiary/aromatic N) is 4. The van der Waals surface area contributed by atoms with Gasteiger partial charge in [0.2, 0.25) is 5.91 Å². The zero-order chi connectivity index (χ0) is 36.4. The summed E-state index contributed by atoms with van der Waals surface area (Å²) in [5.41, 5.74) is 6.72. The number of hydrogen-bond donors (Lipinski definition) is 4. The first-order valence-corrected chi connectivity index (χ1v) is 16.6. The van der Waals surface area contributed by atoms with Gasteiger partial charge in [0.1, 0.15) is 35.0 Å². The first kappa shape index (κ1) is 37.3. The fourth-order valence-electron chi connectivity index (χ4n) is 6.08. The smallest absolute Gasteiger partial charge is 0.407 e. The predicted octanol–water partition coefficient (Wildman–Crippen LogP) is 3.03. The standard InChI is InChI=1S/C36H46N8O6/c1-23(2)28(40-34(47)49-5)32(45)43-20-12-17-26(43)30(37)42-36(3,4)19-11-10-16-25-22-38-31(39-25)27-18-13-21-44(27)33(46)29(41-35(48)50-6)24-14-8-7-9-15-24/h7-9,14-15,22-23,26-29H,12-13,17-18,20-21H2,1-6H3,(H2,37,42)(H,38,39)(H,40,47)(H,41,48)/t26-,27-,28-,29+/m0/s1. The van der Waals surface area contributed by atoms with Gasteiger partial charge in [-0.05, 0) is 68.8 Å². The zero-order valence-corrected chi connectivity index (χ0v) is 29.4. The number of aliphatic imine (C=N–C) groups is 1. The molecule has 2 fully saturated rings. The normalized spacial score (nSPS) is 18.7. The molecule has 266 valence electrons. The fraction of sp³-hybridized carbons (Fsp3) is 0.500. The third kappa shape index (κ3) is 9.35. The molecule has 1 aromatic heterocycles. The summed E-state index contributed by atoms with van der Waals surface area (Å²) in [5.74, 6) is 11.9. The van der Waals surface area contributed by atoms with Crippen LogP contribution < -0.4 is 16.4 Å². The number of methoxy groups -OCH3 is 2. The summed E-state index contributed by atoms with van der Waals surface area (Å²) in [7, 11) is 2.51. The number of alkyl carbamates (subject to hydrolysis) is 2. The minimum Gasteiger partial charge on any atom is -0.453 e. The number of hydrogen-bond acceptors (Lipinski definition) is 8. The molecule has 0 saturated carbocycles. The van der Waals surface area contributed by atoms with Crippen molar-refractivity contribution in [2.75, 3.05) is 27.3 Å². The number of aromatic amines is 1. The highest BCUT2D eigenvalue weighted by molar-refractivity contribution is 5.94. The van der Waals surface area contributed by atoms with Crippen LogP contribution in [0.15, 0.2) is 41.5 Å². The molecule has 14 nitrogen and oxygen atoms in total. The lowest BCUT2D eigenvalue weighted by molar-refractivity contribution is -0.135. The molecule has 1 aromatic carbocycles. The van der Waals surface area contributed by atoms with Crippen LogP contribution in [0, 0.1) is 29.6 Å². The second-order valence-corrected chi connectivity index (χ2v) is 13.0. The molecule has 0 unspecified atom stereocenters. The number of ether oxygens (including phenoxy) is 2. The SMILES string of the molecule is COC(=O)N[C@H](C(=O)N1CCC[C@H]1/C(N)=N/C(C)(C)C#CC#Cc1cnc([C@@H]2CCCN2C(=O)[C@H](NC(=O)OC)c2ccccc2)[nH]1)C(C)C. The van der Waals surface area contributed by atoms with E-state index in [1.807, 2.05) is 45.9 Å². The van der Waals surface area contributed by atoms with Crippen molar-refractivity contribution in [1.29, 1.82) is 0 Å². The molecule has 5 N–H and O–H groups in total. The number of likely N-dealkylation sites (tertiary alicyclic amines) is 2. The molecule has 3 heterocycles. The van der Waals surface area contributed by atoms with Gasteiger partial charge in [0, 0.05) is 13.1 Å². The summed E-state index contributed by atoms with van der Waals surface area (Å²) in [6.45, 7) is 8.33. The van der Waals surface area contributed by atoms with Crippen molar-refractivity contribution >= 4 is 29.8 Å². The summed E-state index contributed by atoms with van der Waals surface area (Å²) in [6.07, 6.45) is 3.10. The van der Waals surface area contributed by atoms with Gasteiger partial charge in [0.25, 0.3) is 5.91 Å². The molecule has 4 rings (SSSR count). The van der Waals surface area contributed by atoms with Crippen LogP contribution in [0.2, 0.25) is 0 Å². The van der Waals surface area contributed by atoms with Gasteiger partial charge in [-0.25, -0.2) is 14.6 Å². The maximum atomic E-state index is 13.7. The number of amidine groups is 1. The third-order valence-electron chi connectivity index (χ3n) is 8.58. The largest absolute Gasteiger partial charge is 0.453 e. The van der Waals surface area contributed by atoms with Gasteiger partial charge in [-0.2, -0.15) is 0 Å². The molecule has 0 spiro atoms. The van der Waals surface area contributed by atoms with Crippen LogP contribution in [0.3, 0.4) is 0 Å². The number of carbonyl (C=O) groups is 4. The maximum Gasteiger partial charge on any atom is 0.407 e. The average Bonchev–Trinajstić information content (AvgIpc) is 3.88. The van der Waals surface area contributed by atoms with Crippen LogP contribution in [0.5, 0.6) is 0 Å². The Bertz CT molecular complexity index is 1700. The molecule has 0 bridgehead atoms. The van der Waals surface area contributed by atoms with Crippen LogP contribution >= 0.6 is 0 Å². The van der Waals surface area contributed by atoms with Gasteiger partial charge in [-0.3, -0.25) is 14.6 Å². The number of H-pyrrole nitrogens is 1. The molecule has 2 aliphatic heterocycles. The molecular weight excluding hydrogens is 640 g/mol. The van der Waals surface area contributed by atoms with Crippen molar-refractivity contribution in [3.63, 3.8) is 0 Å². The lowest BCUT2D eigenvalue weighted by atomic mass is 10.0. The zero-order valence-electron chi connectivity index (χ0n) is 29.4. The number of carbonyl (C=O) groups excluding carboxylic acids is 4. The minimum atomic E-state index is -0.911. The number of aromatic nitrogens is 2. The predicted molar refractivity (Wildman–Crippen MR) is 186 cm³/mol. The number of nitrogens with two attached hydrogens (primary N) is 1. The van der Waals surface area contributed by atoms with E-state index < -0.39 is 35.9 Å². The molecule has 2 aromatic rings. The van der Waals surface area contributed by atoms with Crippen LogP contribution in [-0.4, -0.2) is 94.5 Å². The number of rotatable bonds is 9. The number of benzene rings is 1. The highest BCUT2D eigenvalue weighted by Crippen LogP contribution is 2.33. The van der Waals surface area contributed by atoms with E-state index in [0.29, 0.717) is 43.0 Å². The molecule has 4 amide bonds. The van der Waals surface area contributed by atoms with Crippen molar-refractivity contribution in [2.24, 2.45) is 16.6 Å². The number of amides is 4. The Balaban J connectivity index is 1.44. The summed E-state index contributed by atoms with van der Waals surface area (Å²) in [6, 6.07) is 6.62. The molecule has 2 saturated heterocycles.